The number of allylic oxidation sites excluding steroid dienone is 1. The summed E-state index contributed by atoms with van der Waals surface area (Å²) in [7, 11) is 0. The van der Waals surface area contributed by atoms with Crippen molar-refractivity contribution >= 4 is 11.8 Å². The number of hydrogen-bond donors (Lipinski definition) is 0. The average Bonchev–Trinajstić information content (AvgIpc) is 2.83. The van der Waals surface area contributed by atoms with Crippen LogP contribution in [0.1, 0.15) is 55.9 Å². The second-order valence-corrected chi connectivity index (χ2v) is 7.72. The van der Waals surface area contributed by atoms with Crippen molar-refractivity contribution in [3.63, 3.8) is 0 Å². The van der Waals surface area contributed by atoms with Gasteiger partial charge in [0, 0.05) is 18.8 Å². The molecule has 106 valence electrons. The minimum atomic E-state index is 0.306. The van der Waals surface area contributed by atoms with E-state index in [4.69, 9.17) is 0 Å². The van der Waals surface area contributed by atoms with Crippen LogP contribution in [0, 0.1) is 5.41 Å². The number of aryl methyl sites for hydroxylation is 1. The van der Waals surface area contributed by atoms with Crippen LogP contribution < -0.4 is 4.90 Å². The fraction of sp³-hybridized carbons (Fsp3) is 0.579. The van der Waals surface area contributed by atoms with Crippen molar-refractivity contribution in [1.29, 1.82) is 0 Å². The van der Waals surface area contributed by atoms with Gasteiger partial charge in [-0.2, -0.15) is 0 Å². The van der Waals surface area contributed by atoms with Crippen molar-refractivity contribution in [2.45, 2.75) is 52.9 Å². The van der Waals surface area contributed by atoms with Gasteiger partial charge in [0.1, 0.15) is 0 Å². The van der Waals surface area contributed by atoms with Crippen LogP contribution in [0.4, 0.5) is 5.69 Å². The standard InChI is InChI=1S/C19H25N/c1-19(2,3)15-11-14-10-13-6-4-8-20-9-5-7-16(18(13)20)17(14)12-15/h10-11H,4-9,12H2,1-3H3. The Labute approximate surface area is 122 Å². The number of nitrogens with zero attached hydrogens (tertiary/aromatic N) is 1. The maximum atomic E-state index is 2.66. The number of benzene rings is 1. The number of anilines is 1. The SMILES string of the molecule is CC(C)(C)C1=Cc2cc3c4c(c2C1)CCCN4CCC3. The summed E-state index contributed by atoms with van der Waals surface area (Å²) in [5, 5.41) is 0. The van der Waals surface area contributed by atoms with Gasteiger partial charge in [0.05, 0.1) is 0 Å². The van der Waals surface area contributed by atoms with Crippen molar-refractivity contribution in [2.75, 3.05) is 18.0 Å². The Balaban J connectivity index is 1.86. The molecule has 0 spiro atoms. The molecule has 0 amide bonds. The van der Waals surface area contributed by atoms with Crippen LogP contribution in [-0.4, -0.2) is 13.1 Å². The molecule has 0 aromatic heterocycles. The summed E-state index contributed by atoms with van der Waals surface area (Å²) in [5.74, 6) is 0. The molecule has 0 bridgehead atoms. The van der Waals surface area contributed by atoms with Gasteiger partial charge in [0.2, 0.25) is 0 Å². The lowest BCUT2D eigenvalue weighted by Crippen LogP contribution is -2.35. The Bertz CT molecular complexity index is 599. The Morgan fingerprint density at radius 1 is 1.00 bits per heavy atom. The van der Waals surface area contributed by atoms with E-state index in [-0.39, 0.29) is 0 Å². The van der Waals surface area contributed by atoms with E-state index in [1.54, 1.807) is 28.0 Å². The minimum absolute atomic E-state index is 0.306. The summed E-state index contributed by atoms with van der Waals surface area (Å²) in [5.41, 5.74) is 10.1. The van der Waals surface area contributed by atoms with E-state index >= 15 is 0 Å². The molecule has 0 unspecified atom stereocenters. The van der Waals surface area contributed by atoms with Gasteiger partial charge in [-0.1, -0.05) is 32.4 Å². The highest BCUT2D eigenvalue weighted by Crippen LogP contribution is 2.45. The molecule has 0 saturated carbocycles. The number of fused-ring (bicyclic) bond motifs is 2. The summed E-state index contributed by atoms with van der Waals surface area (Å²) in [6.07, 6.45) is 8.93. The molecule has 0 fully saturated rings. The summed E-state index contributed by atoms with van der Waals surface area (Å²) in [6, 6.07) is 2.50. The van der Waals surface area contributed by atoms with Gasteiger partial charge in [0.15, 0.2) is 0 Å². The van der Waals surface area contributed by atoms with Crippen molar-refractivity contribution in [1.82, 2.24) is 0 Å². The molecule has 2 heterocycles. The van der Waals surface area contributed by atoms with Crippen LogP contribution in [0.25, 0.3) is 6.08 Å². The normalized spacial score (nSPS) is 20.6. The van der Waals surface area contributed by atoms with Crippen molar-refractivity contribution in [2.24, 2.45) is 5.41 Å². The van der Waals surface area contributed by atoms with E-state index in [1.807, 2.05) is 0 Å². The molecular formula is C19H25N. The van der Waals surface area contributed by atoms with E-state index in [2.05, 4.69) is 37.8 Å². The molecule has 3 aliphatic rings. The van der Waals surface area contributed by atoms with Crippen LogP contribution >= 0.6 is 0 Å². The van der Waals surface area contributed by atoms with Crippen LogP contribution in [0.15, 0.2) is 11.6 Å². The first-order valence-corrected chi connectivity index (χ1v) is 8.17. The predicted octanol–water partition coefficient (Wildman–Crippen LogP) is 4.37. The first-order valence-electron chi connectivity index (χ1n) is 8.17. The molecular weight excluding hydrogens is 242 g/mol. The van der Waals surface area contributed by atoms with Crippen LogP contribution in [0.3, 0.4) is 0 Å². The third-order valence-electron chi connectivity index (χ3n) is 5.34. The van der Waals surface area contributed by atoms with Gasteiger partial charge in [0.25, 0.3) is 0 Å². The lowest BCUT2D eigenvalue weighted by atomic mass is 9.83. The predicted molar refractivity (Wildman–Crippen MR) is 86.4 cm³/mol. The zero-order valence-corrected chi connectivity index (χ0v) is 13.1. The molecule has 0 atom stereocenters. The molecule has 1 aromatic carbocycles. The Hall–Kier alpha value is -1.24. The van der Waals surface area contributed by atoms with Gasteiger partial charge < -0.3 is 4.90 Å². The first kappa shape index (κ1) is 12.5. The summed E-state index contributed by atoms with van der Waals surface area (Å²) in [6.45, 7) is 9.60. The summed E-state index contributed by atoms with van der Waals surface area (Å²) >= 11 is 0. The fourth-order valence-electron chi connectivity index (χ4n) is 4.20. The molecule has 20 heavy (non-hydrogen) atoms. The second-order valence-electron chi connectivity index (χ2n) is 7.72. The fourth-order valence-corrected chi connectivity index (χ4v) is 4.20. The zero-order chi connectivity index (χ0) is 13.9. The molecule has 0 N–H and O–H groups in total. The Morgan fingerprint density at radius 3 is 2.50 bits per heavy atom. The van der Waals surface area contributed by atoms with Gasteiger partial charge >= 0.3 is 0 Å². The maximum Gasteiger partial charge on any atom is 0.0434 e. The lowest BCUT2D eigenvalue weighted by Gasteiger charge is -2.38. The van der Waals surface area contributed by atoms with Crippen LogP contribution in [-0.2, 0) is 19.3 Å². The molecule has 4 rings (SSSR count). The average molecular weight is 267 g/mol. The zero-order valence-electron chi connectivity index (χ0n) is 13.1. The highest BCUT2D eigenvalue weighted by Gasteiger charge is 2.31. The third-order valence-corrected chi connectivity index (χ3v) is 5.34. The summed E-state index contributed by atoms with van der Waals surface area (Å²) in [4.78, 5) is 2.66. The number of rotatable bonds is 0. The monoisotopic (exact) mass is 267 g/mol. The van der Waals surface area contributed by atoms with Crippen molar-refractivity contribution < 1.29 is 0 Å². The van der Waals surface area contributed by atoms with Gasteiger partial charge in [-0.25, -0.2) is 0 Å². The van der Waals surface area contributed by atoms with Crippen LogP contribution in [0.5, 0.6) is 0 Å². The topological polar surface area (TPSA) is 3.24 Å². The minimum Gasteiger partial charge on any atom is -0.371 e. The number of hydrogen-bond acceptors (Lipinski definition) is 1. The van der Waals surface area contributed by atoms with Gasteiger partial charge in [-0.05, 0) is 65.8 Å². The molecule has 1 nitrogen and oxygen atoms in total. The largest absolute Gasteiger partial charge is 0.371 e. The highest BCUT2D eigenvalue weighted by molar-refractivity contribution is 5.76. The van der Waals surface area contributed by atoms with Gasteiger partial charge in [-0.15, -0.1) is 0 Å². The Kier molecular flexibility index (Phi) is 2.58. The van der Waals surface area contributed by atoms with Crippen LogP contribution in [0.2, 0.25) is 0 Å². The third kappa shape index (κ3) is 1.75. The molecule has 0 radical (unpaired) electrons. The molecule has 1 aromatic rings. The van der Waals surface area contributed by atoms with Crippen molar-refractivity contribution in [3.8, 4) is 0 Å². The molecule has 0 saturated heterocycles. The molecule has 1 aliphatic carbocycles. The summed E-state index contributed by atoms with van der Waals surface area (Å²) < 4.78 is 0. The van der Waals surface area contributed by atoms with E-state index in [0.717, 1.165) is 0 Å². The van der Waals surface area contributed by atoms with E-state index < -0.39 is 0 Å². The van der Waals surface area contributed by atoms with Gasteiger partial charge in [-0.3, -0.25) is 0 Å². The molecule has 1 heteroatoms. The van der Waals surface area contributed by atoms with E-state index in [9.17, 15) is 0 Å². The smallest absolute Gasteiger partial charge is 0.0434 e. The van der Waals surface area contributed by atoms with E-state index in [1.165, 1.54) is 50.8 Å². The Morgan fingerprint density at radius 2 is 1.75 bits per heavy atom. The second kappa shape index (κ2) is 4.13. The quantitative estimate of drug-likeness (QED) is 0.674. The first-order chi connectivity index (χ1) is 9.54. The lowest BCUT2D eigenvalue weighted by molar-refractivity contribution is 0.498. The maximum absolute atomic E-state index is 2.66. The van der Waals surface area contributed by atoms with E-state index in [0.29, 0.717) is 5.41 Å². The highest BCUT2D eigenvalue weighted by atomic mass is 15.1. The molecule has 2 aliphatic heterocycles. The van der Waals surface area contributed by atoms with Crippen molar-refractivity contribution in [3.05, 3.63) is 33.9 Å².